The van der Waals surface area contributed by atoms with Gasteiger partial charge in [-0.2, -0.15) is 11.8 Å². The molecule has 0 radical (unpaired) electrons. The number of rotatable bonds is 5. The van der Waals surface area contributed by atoms with Crippen LogP contribution in [0.2, 0.25) is 0 Å². The van der Waals surface area contributed by atoms with Crippen molar-refractivity contribution in [2.24, 2.45) is 0 Å². The Bertz CT molecular complexity index is 477. The van der Waals surface area contributed by atoms with Crippen LogP contribution in [-0.2, 0) is 5.75 Å². The maximum absolute atomic E-state index is 4.42. The van der Waals surface area contributed by atoms with Gasteiger partial charge in [0.1, 0.15) is 5.01 Å². The van der Waals surface area contributed by atoms with Crippen LogP contribution >= 0.6 is 34.4 Å². The van der Waals surface area contributed by atoms with Gasteiger partial charge in [0, 0.05) is 19.0 Å². The summed E-state index contributed by atoms with van der Waals surface area (Å²) >= 11 is 5.16. The van der Waals surface area contributed by atoms with Gasteiger partial charge < -0.3 is 5.32 Å². The molecule has 0 aliphatic carbocycles. The molecule has 0 saturated heterocycles. The molecule has 0 spiro atoms. The minimum atomic E-state index is 0.639. The average Bonchev–Trinajstić information content (AvgIpc) is 2.94. The Morgan fingerprint density at radius 1 is 1.35 bits per heavy atom. The highest BCUT2D eigenvalue weighted by molar-refractivity contribution is 7.99. The number of thioether (sulfide) groups is 1. The lowest BCUT2D eigenvalue weighted by Crippen LogP contribution is -1.87. The highest BCUT2D eigenvalue weighted by Crippen LogP contribution is 2.32. The SMILES string of the molecule is CNc1nnc(-c2cnc(CSC(C)C)s2)s1. The van der Waals surface area contributed by atoms with Gasteiger partial charge in [-0.25, -0.2) is 4.98 Å². The van der Waals surface area contributed by atoms with Crippen LogP contribution in [0.25, 0.3) is 9.88 Å². The van der Waals surface area contributed by atoms with Crippen molar-refractivity contribution in [3.63, 3.8) is 0 Å². The summed E-state index contributed by atoms with van der Waals surface area (Å²) in [4.78, 5) is 5.52. The quantitative estimate of drug-likeness (QED) is 0.913. The van der Waals surface area contributed by atoms with E-state index in [0.717, 1.165) is 25.8 Å². The standard InChI is InChI=1S/C10H14N4S3/c1-6(2)15-5-8-12-4-7(16-8)9-13-14-10(11-3)17-9/h4,6H,5H2,1-3H3,(H,11,14). The summed E-state index contributed by atoms with van der Waals surface area (Å²) in [6.07, 6.45) is 1.89. The monoisotopic (exact) mass is 286 g/mol. The van der Waals surface area contributed by atoms with Gasteiger partial charge in [-0.15, -0.1) is 21.5 Å². The number of hydrogen-bond donors (Lipinski definition) is 1. The minimum absolute atomic E-state index is 0.639. The Morgan fingerprint density at radius 3 is 2.82 bits per heavy atom. The molecule has 2 aromatic heterocycles. The van der Waals surface area contributed by atoms with E-state index in [4.69, 9.17) is 0 Å². The van der Waals surface area contributed by atoms with Gasteiger partial charge in [0.25, 0.3) is 0 Å². The number of aromatic nitrogens is 3. The average molecular weight is 286 g/mol. The molecule has 0 aliphatic rings. The van der Waals surface area contributed by atoms with Crippen LogP contribution in [-0.4, -0.2) is 27.5 Å². The van der Waals surface area contributed by atoms with Crippen molar-refractivity contribution < 1.29 is 0 Å². The van der Waals surface area contributed by atoms with Gasteiger partial charge in [0.2, 0.25) is 5.13 Å². The van der Waals surface area contributed by atoms with Crippen LogP contribution in [0.15, 0.2) is 6.20 Å². The van der Waals surface area contributed by atoms with Crippen molar-refractivity contribution in [2.75, 3.05) is 12.4 Å². The summed E-state index contributed by atoms with van der Waals surface area (Å²) in [7, 11) is 1.85. The van der Waals surface area contributed by atoms with Gasteiger partial charge in [-0.1, -0.05) is 25.2 Å². The molecule has 4 nitrogen and oxygen atoms in total. The van der Waals surface area contributed by atoms with Crippen molar-refractivity contribution in [3.8, 4) is 9.88 Å². The number of nitrogens with one attached hydrogen (secondary N) is 1. The van der Waals surface area contributed by atoms with Gasteiger partial charge in [-0.3, -0.25) is 0 Å². The van der Waals surface area contributed by atoms with Crippen LogP contribution in [0.3, 0.4) is 0 Å². The van der Waals surface area contributed by atoms with Crippen LogP contribution < -0.4 is 5.32 Å². The van der Waals surface area contributed by atoms with E-state index in [-0.39, 0.29) is 0 Å². The Kier molecular flexibility index (Phi) is 4.36. The van der Waals surface area contributed by atoms with Crippen molar-refractivity contribution in [2.45, 2.75) is 24.9 Å². The second kappa shape index (κ2) is 5.79. The predicted octanol–water partition coefficient (Wildman–Crippen LogP) is 3.34. The molecule has 2 aromatic rings. The summed E-state index contributed by atoms with van der Waals surface area (Å²) in [5, 5.41) is 14.7. The van der Waals surface area contributed by atoms with Crippen LogP contribution in [0.1, 0.15) is 18.9 Å². The van der Waals surface area contributed by atoms with E-state index in [1.165, 1.54) is 0 Å². The first-order valence-electron chi connectivity index (χ1n) is 5.27. The molecular weight excluding hydrogens is 272 g/mol. The summed E-state index contributed by atoms with van der Waals surface area (Å²) in [6, 6.07) is 0. The fraction of sp³-hybridized carbons (Fsp3) is 0.500. The predicted molar refractivity (Wildman–Crippen MR) is 77.0 cm³/mol. The van der Waals surface area contributed by atoms with E-state index in [9.17, 15) is 0 Å². The zero-order valence-corrected chi connectivity index (χ0v) is 12.4. The Hall–Kier alpha value is -0.660. The maximum atomic E-state index is 4.42. The molecule has 17 heavy (non-hydrogen) atoms. The van der Waals surface area contributed by atoms with E-state index in [1.54, 1.807) is 22.7 Å². The zero-order chi connectivity index (χ0) is 12.3. The molecule has 0 fully saturated rings. The third-order valence-corrected chi connectivity index (χ3v) is 5.34. The zero-order valence-electron chi connectivity index (χ0n) is 9.93. The Morgan fingerprint density at radius 2 is 2.18 bits per heavy atom. The van der Waals surface area contributed by atoms with E-state index >= 15 is 0 Å². The van der Waals surface area contributed by atoms with Crippen molar-refractivity contribution >= 4 is 39.6 Å². The third-order valence-electron chi connectivity index (χ3n) is 1.94. The van der Waals surface area contributed by atoms with Gasteiger partial charge in [0.05, 0.1) is 4.88 Å². The fourth-order valence-corrected chi connectivity index (χ4v) is 3.57. The number of thiazole rings is 1. The summed E-state index contributed by atoms with van der Waals surface area (Å²) in [6.45, 7) is 4.40. The molecular formula is C10H14N4S3. The molecule has 0 aliphatic heterocycles. The summed E-state index contributed by atoms with van der Waals surface area (Å²) in [5.41, 5.74) is 0. The van der Waals surface area contributed by atoms with E-state index in [0.29, 0.717) is 5.25 Å². The molecule has 7 heteroatoms. The lowest BCUT2D eigenvalue weighted by molar-refractivity contribution is 1.09. The number of hydrogen-bond acceptors (Lipinski definition) is 7. The first-order valence-corrected chi connectivity index (χ1v) is 7.95. The first-order chi connectivity index (χ1) is 8.19. The first kappa shape index (κ1) is 12.8. The summed E-state index contributed by atoms with van der Waals surface area (Å²) < 4.78 is 0. The van der Waals surface area contributed by atoms with Crippen LogP contribution in [0, 0.1) is 0 Å². The molecule has 2 heterocycles. The third kappa shape index (κ3) is 3.40. The maximum Gasteiger partial charge on any atom is 0.205 e. The van der Waals surface area contributed by atoms with Crippen molar-refractivity contribution in [3.05, 3.63) is 11.2 Å². The molecule has 0 unspecified atom stereocenters. The lowest BCUT2D eigenvalue weighted by atomic mass is 10.6. The van der Waals surface area contributed by atoms with E-state index < -0.39 is 0 Å². The van der Waals surface area contributed by atoms with Crippen LogP contribution in [0.4, 0.5) is 5.13 Å². The Balaban J connectivity index is 2.07. The van der Waals surface area contributed by atoms with E-state index in [1.807, 2.05) is 25.0 Å². The Labute approximate surface area is 113 Å². The number of anilines is 1. The highest BCUT2D eigenvalue weighted by atomic mass is 32.2. The van der Waals surface area contributed by atoms with Gasteiger partial charge in [-0.05, 0) is 5.25 Å². The fourth-order valence-electron chi connectivity index (χ4n) is 1.14. The van der Waals surface area contributed by atoms with Crippen LogP contribution in [0.5, 0.6) is 0 Å². The van der Waals surface area contributed by atoms with E-state index in [2.05, 4.69) is 34.3 Å². The molecule has 0 amide bonds. The van der Waals surface area contributed by atoms with Crippen molar-refractivity contribution in [1.82, 2.24) is 15.2 Å². The molecule has 1 N–H and O–H groups in total. The molecule has 92 valence electrons. The lowest BCUT2D eigenvalue weighted by Gasteiger charge is -2.00. The molecule has 0 aromatic carbocycles. The molecule has 0 bridgehead atoms. The normalized spacial score (nSPS) is 11.1. The number of nitrogens with zero attached hydrogens (tertiary/aromatic N) is 3. The summed E-state index contributed by atoms with van der Waals surface area (Å²) in [5.74, 6) is 0.972. The van der Waals surface area contributed by atoms with Gasteiger partial charge in [0.15, 0.2) is 5.01 Å². The second-order valence-corrected chi connectivity index (χ2v) is 7.30. The highest BCUT2D eigenvalue weighted by Gasteiger charge is 2.10. The van der Waals surface area contributed by atoms with Gasteiger partial charge >= 0.3 is 0 Å². The molecule has 2 rings (SSSR count). The second-order valence-electron chi connectivity index (χ2n) is 3.64. The minimum Gasteiger partial charge on any atom is -0.363 e. The molecule has 0 atom stereocenters. The van der Waals surface area contributed by atoms with Crippen molar-refractivity contribution in [1.29, 1.82) is 0 Å². The molecule has 0 saturated carbocycles. The largest absolute Gasteiger partial charge is 0.363 e. The topological polar surface area (TPSA) is 50.7 Å². The smallest absolute Gasteiger partial charge is 0.205 e.